The fraction of sp³-hybridized carbons (Fsp3) is 1.00. The van der Waals surface area contributed by atoms with Crippen molar-refractivity contribution < 1.29 is 8.95 Å². The summed E-state index contributed by atoms with van der Waals surface area (Å²) in [5, 5.41) is 3.53. The highest BCUT2D eigenvalue weighted by Crippen LogP contribution is 1.91. The van der Waals surface area contributed by atoms with Gasteiger partial charge in [0.05, 0.1) is 0 Å². The lowest BCUT2D eigenvalue weighted by atomic mass is 10.3. The number of methoxy groups -OCH3 is 1. The van der Waals surface area contributed by atoms with Gasteiger partial charge in [-0.3, -0.25) is 4.21 Å². The maximum Gasteiger partial charge on any atom is 0.0462 e. The molecule has 2 atom stereocenters. The van der Waals surface area contributed by atoms with Gasteiger partial charge in [0.25, 0.3) is 0 Å². The lowest BCUT2D eigenvalue weighted by molar-refractivity contribution is 0.192. The standard InChI is InChI=1S/C9H21NO2S/c1-9(13(3)11)8-10-6-4-5-7-12-2/h9-10H,4-8H2,1-3H3. The summed E-state index contributed by atoms with van der Waals surface area (Å²) >= 11 is 0. The highest BCUT2D eigenvalue weighted by atomic mass is 32.2. The average molecular weight is 207 g/mol. The molecule has 3 nitrogen and oxygen atoms in total. The molecule has 4 heteroatoms. The number of hydrogen-bond acceptors (Lipinski definition) is 3. The third-order valence-electron chi connectivity index (χ3n) is 1.95. The van der Waals surface area contributed by atoms with E-state index in [0.29, 0.717) is 0 Å². The molecule has 0 radical (unpaired) electrons. The molecule has 2 unspecified atom stereocenters. The van der Waals surface area contributed by atoms with Crippen molar-refractivity contribution in [1.82, 2.24) is 5.32 Å². The van der Waals surface area contributed by atoms with Crippen molar-refractivity contribution in [2.45, 2.75) is 25.0 Å². The van der Waals surface area contributed by atoms with E-state index in [-0.39, 0.29) is 5.25 Å². The zero-order chi connectivity index (χ0) is 10.1. The van der Waals surface area contributed by atoms with Crippen LogP contribution in [-0.4, -0.2) is 42.5 Å². The van der Waals surface area contributed by atoms with E-state index in [1.807, 2.05) is 6.92 Å². The summed E-state index contributed by atoms with van der Waals surface area (Å²) in [7, 11) is 1.01. The molecule has 0 rings (SSSR count). The Morgan fingerprint density at radius 2 is 2.15 bits per heavy atom. The summed E-state index contributed by atoms with van der Waals surface area (Å²) in [4.78, 5) is 0. The van der Waals surface area contributed by atoms with E-state index >= 15 is 0 Å². The lowest BCUT2D eigenvalue weighted by Gasteiger charge is -2.09. The molecule has 0 bridgehead atoms. The largest absolute Gasteiger partial charge is 0.385 e. The van der Waals surface area contributed by atoms with Crippen molar-refractivity contribution in [3.05, 3.63) is 0 Å². The molecule has 0 aromatic heterocycles. The molecule has 1 N–H and O–H groups in total. The minimum Gasteiger partial charge on any atom is -0.385 e. The Bertz CT molecular complexity index is 142. The van der Waals surface area contributed by atoms with Gasteiger partial charge in [-0.1, -0.05) is 0 Å². The fourth-order valence-corrected chi connectivity index (χ4v) is 1.27. The highest BCUT2D eigenvalue weighted by Gasteiger charge is 2.03. The Morgan fingerprint density at radius 3 is 2.69 bits per heavy atom. The predicted octanol–water partition coefficient (Wildman–Crippen LogP) is 0.770. The van der Waals surface area contributed by atoms with Crippen molar-refractivity contribution >= 4 is 10.8 Å². The van der Waals surface area contributed by atoms with Gasteiger partial charge in [-0.2, -0.15) is 0 Å². The van der Waals surface area contributed by atoms with Crippen LogP contribution in [0.1, 0.15) is 19.8 Å². The third-order valence-corrected chi connectivity index (χ3v) is 3.25. The molecule has 0 aliphatic carbocycles. The quantitative estimate of drug-likeness (QED) is 0.598. The van der Waals surface area contributed by atoms with E-state index < -0.39 is 10.8 Å². The molecule has 0 saturated carbocycles. The van der Waals surface area contributed by atoms with Gasteiger partial charge in [0, 0.05) is 42.6 Å². The lowest BCUT2D eigenvalue weighted by Crippen LogP contribution is -2.28. The second kappa shape index (κ2) is 8.66. The summed E-state index contributed by atoms with van der Waals surface area (Å²) in [5.41, 5.74) is 0. The SMILES string of the molecule is COCCCCNCC(C)S(C)=O. The van der Waals surface area contributed by atoms with Crippen molar-refractivity contribution in [2.24, 2.45) is 0 Å². The van der Waals surface area contributed by atoms with Crippen LogP contribution in [0.5, 0.6) is 0 Å². The van der Waals surface area contributed by atoms with E-state index in [2.05, 4.69) is 5.32 Å². The van der Waals surface area contributed by atoms with Crippen molar-refractivity contribution in [1.29, 1.82) is 0 Å². The zero-order valence-corrected chi connectivity index (χ0v) is 9.65. The molecule has 0 saturated heterocycles. The van der Waals surface area contributed by atoms with E-state index in [1.165, 1.54) is 0 Å². The van der Waals surface area contributed by atoms with Crippen molar-refractivity contribution in [3.8, 4) is 0 Å². The molecule has 0 heterocycles. The molecule has 0 aliphatic rings. The van der Waals surface area contributed by atoms with Gasteiger partial charge in [0.1, 0.15) is 0 Å². The Hall–Kier alpha value is 0.0700. The van der Waals surface area contributed by atoms with Crippen LogP contribution in [0.25, 0.3) is 0 Å². The maximum atomic E-state index is 11.0. The van der Waals surface area contributed by atoms with E-state index in [9.17, 15) is 4.21 Å². The molecule has 0 spiro atoms. The number of nitrogens with one attached hydrogen (secondary N) is 1. The molecule has 0 amide bonds. The van der Waals surface area contributed by atoms with Crippen LogP contribution in [0.15, 0.2) is 0 Å². The molecule has 0 aromatic rings. The Labute approximate surface area is 83.7 Å². The van der Waals surface area contributed by atoms with Gasteiger partial charge in [0.2, 0.25) is 0 Å². The first kappa shape index (κ1) is 13.1. The van der Waals surface area contributed by atoms with Gasteiger partial charge in [-0.05, 0) is 26.3 Å². The van der Waals surface area contributed by atoms with Crippen LogP contribution in [-0.2, 0) is 15.5 Å². The number of unbranched alkanes of at least 4 members (excludes halogenated alkanes) is 1. The van der Waals surface area contributed by atoms with Crippen LogP contribution in [0.4, 0.5) is 0 Å². The average Bonchev–Trinajstić information content (AvgIpc) is 2.10. The highest BCUT2D eigenvalue weighted by molar-refractivity contribution is 7.84. The van der Waals surface area contributed by atoms with Crippen molar-refractivity contribution in [3.63, 3.8) is 0 Å². The second-order valence-corrected chi connectivity index (χ2v) is 5.02. The first-order valence-corrected chi connectivity index (χ1v) is 6.32. The topological polar surface area (TPSA) is 38.3 Å². The van der Waals surface area contributed by atoms with Crippen LogP contribution < -0.4 is 5.32 Å². The Balaban J connectivity index is 3.11. The number of ether oxygens (including phenoxy) is 1. The Kier molecular flexibility index (Phi) is 8.71. The maximum absolute atomic E-state index is 11.0. The van der Waals surface area contributed by atoms with Crippen LogP contribution in [0.3, 0.4) is 0 Å². The van der Waals surface area contributed by atoms with Crippen LogP contribution >= 0.6 is 0 Å². The molecular formula is C9H21NO2S. The molecule has 0 aromatic carbocycles. The minimum atomic E-state index is -0.706. The van der Waals surface area contributed by atoms with Gasteiger partial charge in [-0.25, -0.2) is 0 Å². The predicted molar refractivity (Wildman–Crippen MR) is 57.5 cm³/mol. The summed E-state index contributed by atoms with van der Waals surface area (Å²) in [6.07, 6.45) is 3.96. The Morgan fingerprint density at radius 1 is 1.46 bits per heavy atom. The normalized spacial score (nSPS) is 15.6. The van der Waals surface area contributed by atoms with Gasteiger partial charge in [-0.15, -0.1) is 0 Å². The molecule has 0 aliphatic heterocycles. The van der Waals surface area contributed by atoms with Crippen molar-refractivity contribution in [2.75, 3.05) is 33.1 Å². The first-order valence-electron chi connectivity index (χ1n) is 4.70. The number of rotatable bonds is 8. The second-order valence-electron chi connectivity index (χ2n) is 3.21. The van der Waals surface area contributed by atoms with Crippen LogP contribution in [0.2, 0.25) is 0 Å². The van der Waals surface area contributed by atoms with Crippen LogP contribution in [0, 0.1) is 0 Å². The zero-order valence-electron chi connectivity index (χ0n) is 8.84. The summed E-state index contributed by atoms with van der Waals surface area (Å²) in [6.45, 7) is 4.66. The first-order chi connectivity index (χ1) is 6.18. The monoisotopic (exact) mass is 207 g/mol. The fourth-order valence-electron chi connectivity index (χ4n) is 0.919. The molecular weight excluding hydrogens is 186 g/mol. The van der Waals surface area contributed by atoms with E-state index in [0.717, 1.165) is 32.5 Å². The molecule has 0 fully saturated rings. The summed E-state index contributed by atoms with van der Waals surface area (Å²) in [6, 6.07) is 0. The van der Waals surface area contributed by atoms with Gasteiger partial charge < -0.3 is 10.1 Å². The van der Waals surface area contributed by atoms with Gasteiger partial charge in [0.15, 0.2) is 0 Å². The van der Waals surface area contributed by atoms with E-state index in [4.69, 9.17) is 4.74 Å². The number of hydrogen-bond donors (Lipinski definition) is 1. The summed E-state index contributed by atoms with van der Waals surface area (Å²) in [5.74, 6) is 0. The van der Waals surface area contributed by atoms with E-state index in [1.54, 1.807) is 13.4 Å². The molecule has 80 valence electrons. The summed E-state index contributed by atoms with van der Waals surface area (Å²) < 4.78 is 15.9. The molecule has 13 heavy (non-hydrogen) atoms. The third kappa shape index (κ3) is 8.40. The minimum absolute atomic E-state index is 0.252. The smallest absolute Gasteiger partial charge is 0.0462 e. The van der Waals surface area contributed by atoms with Gasteiger partial charge >= 0.3 is 0 Å².